The number of hydrogen-bond acceptors (Lipinski definition) is 3. The second-order valence-corrected chi connectivity index (χ2v) is 4.99. The molecule has 1 fully saturated rings. The smallest absolute Gasteiger partial charge is 0.278 e. The summed E-state index contributed by atoms with van der Waals surface area (Å²) in [4.78, 5) is 0. The summed E-state index contributed by atoms with van der Waals surface area (Å²) in [6, 6.07) is 0.0937. The zero-order valence-electron chi connectivity index (χ0n) is 7.79. The van der Waals surface area contributed by atoms with Crippen LogP contribution in [0.5, 0.6) is 0 Å². The molecule has 0 spiro atoms. The van der Waals surface area contributed by atoms with Gasteiger partial charge in [-0.2, -0.15) is 17.9 Å². The summed E-state index contributed by atoms with van der Waals surface area (Å²) in [6.07, 6.45) is 3.52. The van der Waals surface area contributed by atoms with Crippen molar-refractivity contribution in [3.05, 3.63) is 0 Å². The van der Waals surface area contributed by atoms with Crippen molar-refractivity contribution >= 4 is 10.2 Å². The van der Waals surface area contributed by atoms with Gasteiger partial charge in [0, 0.05) is 6.04 Å². The number of nitrogens with two attached hydrogens (primary N) is 1. The Hall–Kier alpha value is -0.170. The average Bonchev–Trinajstić information content (AvgIpc) is 2.34. The lowest BCUT2D eigenvalue weighted by Gasteiger charge is -2.14. The first kappa shape index (κ1) is 10.9. The van der Waals surface area contributed by atoms with Gasteiger partial charge in [-0.05, 0) is 19.8 Å². The number of nitrogens with one attached hydrogen (secondary N) is 2. The molecule has 1 rings (SSSR count). The van der Waals surface area contributed by atoms with E-state index in [-0.39, 0.29) is 6.04 Å². The van der Waals surface area contributed by atoms with Crippen molar-refractivity contribution in [2.45, 2.75) is 44.8 Å². The van der Waals surface area contributed by atoms with Crippen LogP contribution in [0.25, 0.3) is 0 Å². The van der Waals surface area contributed by atoms with Gasteiger partial charge in [0.1, 0.15) is 0 Å². The fourth-order valence-corrected chi connectivity index (χ4v) is 2.77. The highest BCUT2D eigenvalue weighted by molar-refractivity contribution is 7.87. The van der Waals surface area contributed by atoms with Crippen LogP contribution in [-0.4, -0.2) is 20.6 Å². The van der Waals surface area contributed by atoms with E-state index < -0.39 is 16.4 Å². The normalized spacial score (nSPS) is 22.0. The van der Waals surface area contributed by atoms with Crippen LogP contribution in [0.15, 0.2) is 0 Å². The van der Waals surface area contributed by atoms with E-state index in [2.05, 4.69) is 9.44 Å². The fourth-order valence-electron chi connectivity index (χ4n) is 1.54. The molecule has 0 aromatic carbocycles. The summed E-state index contributed by atoms with van der Waals surface area (Å²) in [5, 5.41) is 0. The van der Waals surface area contributed by atoms with Crippen molar-refractivity contribution < 1.29 is 8.42 Å². The molecular formula is C7H17N3O2S. The average molecular weight is 207 g/mol. The van der Waals surface area contributed by atoms with Crippen LogP contribution < -0.4 is 15.2 Å². The summed E-state index contributed by atoms with van der Waals surface area (Å²) < 4.78 is 27.4. The second kappa shape index (κ2) is 4.36. The van der Waals surface area contributed by atoms with Gasteiger partial charge in [-0.1, -0.05) is 12.8 Å². The number of hydrogen-bond donors (Lipinski definition) is 3. The second-order valence-electron chi connectivity index (χ2n) is 3.51. The van der Waals surface area contributed by atoms with Gasteiger partial charge in [0.25, 0.3) is 10.2 Å². The highest BCUT2D eigenvalue weighted by atomic mass is 32.2. The molecule has 0 aliphatic heterocycles. The molecule has 0 saturated heterocycles. The lowest BCUT2D eigenvalue weighted by atomic mass is 10.3. The van der Waals surface area contributed by atoms with Gasteiger partial charge in [0.05, 0.1) is 6.17 Å². The SMILES string of the molecule is CC(N)NS(=O)(=O)NC1CCCC1. The zero-order valence-corrected chi connectivity index (χ0v) is 8.60. The van der Waals surface area contributed by atoms with Crippen LogP contribution in [0.4, 0.5) is 0 Å². The van der Waals surface area contributed by atoms with Gasteiger partial charge in [-0.25, -0.2) is 0 Å². The van der Waals surface area contributed by atoms with Crippen molar-refractivity contribution in [2.75, 3.05) is 0 Å². The third kappa shape index (κ3) is 4.04. The Bertz CT molecular complexity index is 244. The van der Waals surface area contributed by atoms with Crippen molar-refractivity contribution in [2.24, 2.45) is 5.73 Å². The minimum absolute atomic E-state index is 0.0937. The monoisotopic (exact) mass is 207 g/mol. The predicted molar refractivity (Wildman–Crippen MR) is 51.1 cm³/mol. The third-order valence-electron chi connectivity index (χ3n) is 2.02. The molecule has 0 radical (unpaired) electrons. The molecule has 1 atom stereocenters. The maximum atomic E-state index is 11.3. The summed E-state index contributed by atoms with van der Waals surface area (Å²) in [6.45, 7) is 1.59. The van der Waals surface area contributed by atoms with Crippen LogP contribution >= 0.6 is 0 Å². The van der Waals surface area contributed by atoms with E-state index in [1.165, 1.54) is 0 Å². The maximum Gasteiger partial charge on any atom is 0.278 e. The third-order valence-corrected chi connectivity index (χ3v) is 3.34. The molecule has 13 heavy (non-hydrogen) atoms. The van der Waals surface area contributed by atoms with Gasteiger partial charge in [-0.15, -0.1) is 0 Å². The molecular weight excluding hydrogens is 190 g/mol. The van der Waals surface area contributed by atoms with E-state index in [1.807, 2.05) is 0 Å². The van der Waals surface area contributed by atoms with Crippen molar-refractivity contribution in [1.82, 2.24) is 9.44 Å². The van der Waals surface area contributed by atoms with E-state index in [4.69, 9.17) is 5.73 Å². The molecule has 4 N–H and O–H groups in total. The van der Waals surface area contributed by atoms with Gasteiger partial charge < -0.3 is 5.73 Å². The first-order chi connectivity index (χ1) is 5.99. The van der Waals surface area contributed by atoms with Gasteiger partial charge in [-0.3, -0.25) is 0 Å². The topological polar surface area (TPSA) is 84.2 Å². The molecule has 6 heteroatoms. The molecule has 0 aromatic heterocycles. The molecule has 0 amide bonds. The Morgan fingerprint density at radius 2 is 1.92 bits per heavy atom. The van der Waals surface area contributed by atoms with E-state index in [1.54, 1.807) is 6.92 Å². The van der Waals surface area contributed by atoms with Gasteiger partial charge in [0.15, 0.2) is 0 Å². The van der Waals surface area contributed by atoms with E-state index in [9.17, 15) is 8.42 Å². The summed E-state index contributed by atoms with van der Waals surface area (Å²) in [5.41, 5.74) is 5.32. The Morgan fingerprint density at radius 1 is 1.38 bits per heavy atom. The highest BCUT2D eigenvalue weighted by Crippen LogP contribution is 2.17. The summed E-state index contributed by atoms with van der Waals surface area (Å²) >= 11 is 0. The molecule has 1 aliphatic rings. The van der Waals surface area contributed by atoms with Gasteiger partial charge >= 0.3 is 0 Å². The van der Waals surface area contributed by atoms with E-state index in [0.717, 1.165) is 25.7 Å². The lowest BCUT2D eigenvalue weighted by Crippen LogP contribution is -2.48. The van der Waals surface area contributed by atoms with Crippen LogP contribution in [0.3, 0.4) is 0 Å². The predicted octanol–water partition coefficient (Wildman–Crippen LogP) is -0.342. The Kier molecular flexibility index (Phi) is 3.66. The lowest BCUT2D eigenvalue weighted by molar-refractivity contribution is 0.527. The highest BCUT2D eigenvalue weighted by Gasteiger charge is 2.21. The van der Waals surface area contributed by atoms with Crippen molar-refractivity contribution in [3.8, 4) is 0 Å². The number of rotatable bonds is 4. The molecule has 1 saturated carbocycles. The van der Waals surface area contributed by atoms with Gasteiger partial charge in [0.2, 0.25) is 0 Å². The van der Waals surface area contributed by atoms with E-state index in [0.29, 0.717) is 0 Å². The van der Waals surface area contributed by atoms with Crippen LogP contribution in [0.1, 0.15) is 32.6 Å². The maximum absolute atomic E-state index is 11.3. The Labute approximate surface area is 79.3 Å². The standard InChI is InChI=1S/C7H17N3O2S/c1-6(8)9-13(11,12)10-7-4-2-3-5-7/h6-7,9-10H,2-5,8H2,1H3. The van der Waals surface area contributed by atoms with E-state index >= 15 is 0 Å². The fraction of sp³-hybridized carbons (Fsp3) is 1.00. The summed E-state index contributed by atoms with van der Waals surface area (Å²) in [5.74, 6) is 0. The zero-order chi connectivity index (χ0) is 9.90. The largest absolute Gasteiger partial charge is 0.315 e. The van der Waals surface area contributed by atoms with Crippen molar-refractivity contribution in [3.63, 3.8) is 0 Å². The molecule has 78 valence electrons. The molecule has 0 bridgehead atoms. The molecule has 0 aromatic rings. The molecule has 1 aliphatic carbocycles. The molecule has 1 unspecified atom stereocenters. The first-order valence-electron chi connectivity index (χ1n) is 4.55. The van der Waals surface area contributed by atoms with Crippen LogP contribution in [-0.2, 0) is 10.2 Å². The Morgan fingerprint density at radius 3 is 2.38 bits per heavy atom. The van der Waals surface area contributed by atoms with Crippen LogP contribution in [0, 0.1) is 0 Å². The molecule has 0 heterocycles. The Balaban J connectivity index is 2.41. The minimum atomic E-state index is -3.39. The van der Waals surface area contributed by atoms with Crippen molar-refractivity contribution in [1.29, 1.82) is 0 Å². The first-order valence-corrected chi connectivity index (χ1v) is 6.03. The minimum Gasteiger partial charge on any atom is -0.315 e. The summed E-state index contributed by atoms with van der Waals surface area (Å²) in [7, 11) is -3.39. The van der Waals surface area contributed by atoms with Crippen LogP contribution in [0.2, 0.25) is 0 Å². The molecule has 5 nitrogen and oxygen atoms in total. The quantitative estimate of drug-likeness (QED) is 0.551.